The Labute approximate surface area is 172 Å². The summed E-state index contributed by atoms with van der Waals surface area (Å²) in [4.78, 5) is 21.5. The molecule has 0 radical (unpaired) electrons. The molecule has 0 bridgehead atoms. The molecule has 2 fully saturated rings. The Morgan fingerprint density at radius 1 is 1.25 bits per heavy atom. The predicted molar refractivity (Wildman–Crippen MR) is 113 cm³/mol. The first-order chi connectivity index (χ1) is 13.7. The summed E-state index contributed by atoms with van der Waals surface area (Å²) < 4.78 is 5.54. The third-order valence-corrected chi connectivity index (χ3v) is 5.62. The number of aliphatic imine (C=N–C) groups is 1. The van der Waals surface area contributed by atoms with Gasteiger partial charge in [0.1, 0.15) is 6.10 Å². The number of amides is 1. The quantitative estimate of drug-likeness (QED) is 0.448. The number of nitrogens with one attached hydrogen (secondary N) is 1. The van der Waals surface area contributed by atoms with Gasteiger partial charge in [0, 0.05) is 50.9 Å². The molecule has 3 rings (SSSR count). The Morgan fingerprint density at radius 3 is 2.68 bits per heavy atom. The molecule has 7 heteroatoms. The van der Waals surface area contributed by atoms with Crippen LogP contribution in [0.4, 0.5) is 0 Å². The number of guanidine groups is 1. The molecule has 0 saturated carbocycles. The molecule has 1 aromatic rings. The minimum absolute atomic E-state index is 0.152. The van der Waals surface area contributed by atoms with Crippen LogP contribution >= 0.6 is 11.6 Å². The lowest BCUT2D eigenvalue weighted by Gasteiger charge is -2.37. The SMILES string of the molecule is CCNC(=NCCCc1ccccc1Cl)N1CCN(C(=O)C2CCCO2)CC1. The van der Waals surface area contributed by atoms with Gasteiger partial charge in [-0.3, -0.25) is 9.79 Å². The maximum Gasteiger partial charge on any atom is 0.251 e. The molecular formula is C21H31ClN4O2. The van der Waals surface area contributed by atoms with Crippen molar-refractivity contribution < 1.29 is 9.53 Å². The third-order valence-electron chi connectivity index (χ3n) is 5.25. The van der Waals surface area contributed by atoms with Crippen LogP contribution in [0.5, 0.6) is 0 Å². The molecule has 1 N–H and O–H groups in total. The molecule has 154 valence electrons. The molecule has 2 aliphatic heterocycles. The van der Waals surface area contributed by atoms with Crippen LogP contribution in [0.2, 0.25) is 5.02 Å². The molecule has 2 heterocycles. The van der Waals surface area contributed by atoms with Crippen LogP contribution in [0.25, 0.3) is 0 Å². The molecule has 0 spiro atoms. The normalized spacial score (nSPS) is 20.5. The number of ether oxygens (including phenoxy) is 1. The van der Waals surface area contributed by atoms with Crippen LogP contribution in [0.15, 0.2) is 29.3 Å². The van der Waals surface area contributed by atoms with E-state index in [9.17, 15) is 4.79 Å². The summed E-state index contributed by atoms with van der Waals surface area (Å²) in [6, 6.07) is 7.98. The number of carbonyl (C=O) groups excluding carboxylic acids is 1. The fourth-order valence-electron chi connectivity index (χ4n) is 3.70. The number of aryl methyl sites for hydroxylation is 1. The van der Waals surface area contributed by atoms with E-state index < -0.39 is 0 Å². The summed E-state index contributed by atoms with van der Waals surface area (Å²) in [6.07, 6.45) is 3.50. The van der Waals surface area contributed by atoms with Gasteiger partial charge in [-0.15, -0.1) is 0 Å². The van der Waals surface area contributed by atoms with E-state index in [2.05, 4.69) is 23.2 Å². The van der Waals surface area contributed by atoms with Gasteiger partial charge in [-0.1, -0.05) is 29.8 Å². The van der Waals surface area contributed by atoms with Crippen molar-refractivity contribution >= 4 is 23.5 Å². The second-order valence-corrected chi connectivity index (χ2v) is 7.65. The molecule has 6 nitrogen and oxygen atoms in total. The molecular weight excluding hydrogens is 376 g/mol. The van der Waals surface area contributed by atoms with E-state index in [4.69, 9.17) is 21.3 Å². The fraction of sp³-hybridized carbons (Fsp3) is 0.619. The van der Waals surface area contributed by atoms with Gasteiger partial charge in [0.15, 0.2) is 5.96 Å². The van der Waals surface area contributed by atoms with Crippen molar-refractivity contribution in [3.8, 4) is 0 Å². The third kappa shape index (κ3) is 5.61. The summed E-state index contributed by atoms with van der Waals surface area (Å²) in [5, 5.41) is 4.21. The number of benzene rings is 1. The lowest BCUT2D eigenvalue weighted by Crippen LogP contribution is -2.55. The van der Waals surface area contributed by atoms with Gasteiger partial charge < -0.3 is 19.9 Å². The lowest BCUT2D eigenvalue weighted by molar-refractivity contribution is -0.142. The monoisotopic (exact) mass is 406 g/mol. The number of hydrogen-bond acceptors (Lipinski definition) is 3. The molecule has 0 aromatic heterocycles. The first-order valence-corrected chi connectivity index (χ1v) is 10.7. The van der Waals surface area contributed by atoms with E-state index in [-0.39, 0.29) is 12.0 Å². The molecule has 1 atom stereocenters. The van der Waals surface area contributed by atoms with Gasteiger partial charge in [-0.2, -0.15) is 0 Å². The Balaban J connectivity index is 1.47. The predicted octanol–water partition coefficient (Wildman–Crippen LogP) is 2.56. The standard InChI is InChI=1S/C21H31ClN4O2/c1-2-23-21(24-11-5-8-17-7-3-4-9-18(17)22)26-14-12-25(13-15-26)20(27)19-10-6-16-28-19/h3-4,7,9,19H,2,5-6,8,10-16H2,1H3,(H,23,24). The van der Waals surface area contributed by atoms with Crippen LogP contribution in [-0.4, -0.2) is 73.6 Å². The van der Waals surface area contributed by atoms with E-state index in [1.54, 1.807) is 0 Å². The number of piperazine rings is 1. The highest BCUT2D eigenvalue weighted by Gasteiger charge is 2.30. The highest BCUT2D eigenvalue weighted by molar-refractivity contribution is 6.31. The van der Waals surface area contributed by atoms with Gasteiger partial charge in [0.05, 0.1) is 0 Å². The summed E-state index contributed by atoms with van der Waals surface area (Å²) in [7, 11) is 0. The summed E-state index contributed by atoms with van der Waals surface area (Å²) in [5.74, 6) is 1.09. The average molecular weight is 407 g/mol. The van der Waals surface area contributed by atoms with Crippen LogP contribution in [0.3, 0.4) is 0 Å². The number of halogens is 1. The van der Waals surface area contributed by atoms with Crippen molar-refractivity contribution in [3.05, 3.63) is 34.9 Å². The first-order valence-electron chi connectivity index (χ1n) is 10.4. The largest absolute Gasteiger partial charge is 0.368 e. The van der Waals surface area contributed by atoms with E-state index in [0.29, 0.717) is 6.61 Å². The van der Waals surface area contributed by atoms with Gasteiger partial charge in [0.2, 0.25) is 0 Å². The zero-order valence-electron chi connectivity index (χ0n) is 16.7. The number of hydrogen-bond donors (Lipinski definition) is 1. The first kappa shape index (κ1) is 20.9. The molecule has 2 saturated heterocycles. The van der Waals surface area contributed by atoms with Crippen LogP contribution in [-0.2, 0) is 16.0 Å². The average Bonchev–Trinajstić information content (AvgIpc) is 3.26. The maximum absolute atomic E-state index is 12.5. The van der Waals surface area contributed by atoms with Crippen LogP contribution in [0, 0.1) is 0 Å². The van der Waals surface area contributed by atoms with Crippen molar-refractivity contribution in [1.82, 2.24) is 15.1 Å². The van der Waals surface area contributed by atoms with Crippen molar-refractivity contribution in [2.24, 2.45) is 4.99 Å². The lowest BCUT2D eigenvalue weighted by atomic mass is 10.1. The van der Waals surface area contributed by atoms with Crippen molar-refractivity contribution in [3.63, 3.8) is 0 Å². The van der Waals surface area contributed by atoms with Gasteiger partial charge in [-0.05, 0) is 44.2 Å². The zero-order valence-corrected chi connectivity index (χ0v) is 17.5. The molecule has 28 heavy (non-hydrogen) atoms. The second-order valence-electron chi connectivity index (χ2n) is 7.24. The van der Waals surface area contributed by atoms with E-state index in [1.807, 2.05) is 23.1 Å². The molecule has 1 amide bonds. The van der Waals surface area contributed by atoms with E-state index in [1.165, 1.54) is 5.56 Å². The van der Waals surface area contributed by atoms with Crippen molar-refractivity contribution in [1.29, 1.82) is 0 Å². The summed E-state index contributed by atoms with van der Waals surface area (Å²) in [6.45, 7) is 7.42. The molecule has 2 aliphatic rings. The van der Waals surface area contributed by atoms with Crippen LogP contribution in [0.1, 0.15) is 31.7 Å². The topological polar surface area (TPSA) is 57.2 Å². The van der Waals surface area contributed by atoms with E-state index >= 15 is 0 Å². The Morgan fingerprint density at radius 2 is 2.00 bits per heavy atom. The minimum atomic E-state index is -0.224. The number of rotatable bonds is 6. The van der Waals surface area contributed by atoms with Gasteiger partial charge >= 0.3 is 0 Å². The maximum atomic E-state index is 12.5. The van der Waals surface area contributed by atoms with Crippen LogP contribution < -0.4 is 5.32 Å². The zero-order chi connectivity index (χ0) is 19.8. The van der Waals surface area contributed by atoms with Crippen molar-refractivity contribution in [2.75, 3.05) is 45.9 Å². The minimum Gasteiger partial charge on any atom is -0.368 e. The molecule has 1 aromatic carbocycles. The highest BCUT2D eigenvalue weighted by Crippen LogP contribution is 2.17. The summed E-state index contributed by atoms with van der Waals surface area (Å²) in [5.41, 5.74) is 1.17. The fourth-order valence-corrected chi connectivity index (χ4v) is 3.93. The summed E-state index contributed by atoms with van der Waals surface area (Å²) >= 11 is 6.23. The Hall–Kier alpha value is -1.79. The van der Waals surface area contributed by atoms with Gasteiger partial charge in [-0.25, -0.2) is 0 Å². The van der Waals surface area contributed by atoms with E-state index in [0.717, 1.165) is 75.9 Å². The number of nitrogens with zero attached hydrogens (tertiary/aromatic N) is 3. The van der Waals surface area contributed by atoms with Crippen molar-refractivity contribution in [2.45, 2.75) is 38.7 Å². The number of carbonyl (C=O) groups is 1. The Bertz CT molecular complexity index is 668. The molecule has 1 unspecified atom stereocenters. The Kier molecular flexibility index (Phi) is 7.98. The molecule has 0 aliphatic carbocycles. The smallest absolute Gasteiger partial charge is 0.251 e. The second kappa shape index (κ2) is 10.7. The highest BCUT2D eigenvalue weighted by atomic mass is 35.5. The van der Waals surface area contributed by atoms with Gasteiger partial charge in [0.25, 0.3) is 5.91 Å².